The molecule has 8 nitrogen and oxygen atoms in total. The van der Waals surface area contributed by atoms with Crippen molar-refractivity contribution in [3.63, 3.8) is 0 Å². The fourth-order valence-electron chi connectivity index (χ4n) is 8.52. The number of hydrogen-bond donors (Lipinski definition) is 1. The standard InChI is InChI=1S/C36H36F3N5O3/c1-2-25-28(38)6-5-22-15-24(45)16-26(29(22)25)31-30(39)32-27(18-40-31)33(43-11-3-7-35(20-43)9-13-46-14-10-35)42-34(41-32)47-21-36-8-4-12-44(36)19-23(37)17-36/h1,5-6,15-16,18,23,45H,3-4,7-14,17,19-21H2. The van der Waals surface area contributed by atoms with Crippen molar-refractivity contribution in [2.75, 3.05) is 50.9 Å². The number of phenolic OH excluding ortho intramolecular Hbond substituents is 1. The zero-order valence-corrected chi connectivity index (χ0v) is 26.1. The van der Waals surface area contributed by atoms with Crippen molar-refractivity contribution < 1.29 is 27.8 Å². The van der Waals surface area contributed by atoms with Crippen LogP contribution in [0.3, 0.4) is 0 Å². The number of benzene rings is 2. The number of pyridine rings is 1. The Bertz CT molecular complexity index is 1920. The van der Waals surface area contributed by atoms with Gasteiger partial charge in [0.25, 0.3) is 0 Å². The highest BCUT2D eigenvalue weighted by atomic mass is 19.1. The SMILES string of the molecule is C#Cc1c(F)ccc2cc(O)cc(-c3ncc4c(N5CCCC6(CCOCC6)C5)nc(OCC56CCCN5CC(F)C6)nc4c3F)c12. The van der Waals surface area contributed by atoms with Gasteiger partial charge in [0.1, 0.15) is 41.4 Å². The molecule has 244 valence electrons. The molecule has 2 aromatic heterocycles. The van der Waals surface area contributed by atoms with E-state index in [9.17, 15) is 13.9 Å². The predicted octanol–water partition coefficient (Wildman–Crippen LogP) is 6.16. The third kappa shape index (κ3) is 5.13. The van der Waals surface area contributed by atoms with Gasteiger partial charge in [-0.1, -0.05) is 12.0 Å². The Kier molecular flexibility index (Phi) is 7.41. The summed E-state index contributed by atoms with van der Waals surface area (Å²) in [5, 5.41) is 11.7. The second-order valence-electron chi connectivity index (χ2n) is 13.7. The van der Waals surface area contributed by atoms with Crippen LogP contribution in [0, 0.1) is 29.4 Å². The lowest BCUT2D eigenvalue weighted by molar-refractivity contribution is 0.00748. The van der Waals surface area contributed by atoms with Gasteiger partial charge in [-0.05, 0) is 74.1 Å². The van der Waals surface area contributed by atoms with E-state index in [1.165, 1.54) is 30.5 Å². The van der Waals surface area contributed by atoms with Gasteiger partial charge in [0.05, 0.1) is 16.5 Å². The normalized spacial score (nSPS) is 24.2. The number of anilines is 1. The van der Waals surface area contributed by atoms with Crippen LogP contribution in [0.1, 0.15) is 50.5 Å². The number of nitrogens with zero attached hydrogens (tertiary/aromatic N) is 5. The molecule has 47 heavy (non-hydrogen) atoms. The molecule has 0 amide bonds. The van der Waals surface area contributed by atoms with E-state index < -0.39 is 23.3 Å². The van der Waals surface area contributed by atoms with Crippen LogP contribution < -0.4 is 9.64 Å². The Balaban J connectivity index is 1.27. The van der Waals surface area contributed by atoms with Crippen LogP contribution in [0.4, 0.5) is 19.0 Å². The van der Waals surface area contributed by atoms with Gasteiger partial charge < -0.3 is 19.5 Å². The van der Waals surface area contributed by atoms with Crippen molar-refractivity contribution in [3.05, 3.63) is 47.7 Å². The van der Waals surface area contributed by atoms with E-state index in [2.05, 4.69) is 25.7 Å². The van der Waals surface area contributed by atoms with E-state index in [1.54, 1.807) is 0 Å². The average Bonchev–Trinajstić information content (AvgIpc) is 3.59. The minimum absolute atomic E-state index is 0.00711. The quantitative estimate of drug-likeness (QED) is 0.259. The molecular formula is C36H36F3N5O3. The summed E-state index contributed by atoms with van der Waals surface area (Å²) in [6, 6.07) is 5.50. The maximum atomic E-state index is 16.9. The largest absolute Gasteiger partial charge is 0.508 e. The lowest BCUT2D eigenvalue weighted by Crippen LogP contribution is -2.46. The lowest BCUT2D eigenvalue weighted by Gasteiger charge is -2.45. The molecular weight excluding hydrogens is 607 g/mol. The van der Waals surface area contributed by atoms with Crippen LogP contribution >= 0.6 is 0 Å². The molecule has 2 unspecified atom stereocenters. The zero-order chi connectivity index (χ0) is 32.3. The second kappa shape index (κ2) is 11.5. The predicted molar refractivity (Wildman–Crippen MR) is 172 cm³/mol. The summed E-state index contributed by atoms with van der Waals surface area (Å²) in [5.41, 5.74) is -0.411. The van der Waals surface area contributed by atoms with E-state index >= 15 is 4.39 Å². The molecule has 1 N–H and O–H groups in total. The molecule has 0 saturated carbocycles. The summed E-state index contributed by atoms with van der Waals surface area (Å²) in [4.78, 5) is 18.3. The first kappa shape index (κ1) is 30.2. The highest BCUT2D eigenvalue weighted by molar-refractivity contribution is 6.03. The molecule has 2 aromatic carbocycles. The molecule has 0 radical (unpaired) electrons. The summed E-state index contributed by atoms with van der Waals surface area (Å²) < 4.78 is 58.3. The van der Waals surface area contributed by atoms with Gasteiger partial charge in [0.2, 0.25) is 0 Å². The molecule has 0 aliphatic carbocycles. The number of terminal acetylenes is 1. The minimum atomic E-state index is -0.920. The number of rotatable bonds is 5. The zero-order valence-electron chi connectivity index (χ0n) is 26.1. The van der Waals surface area contributed by atoms with E-state index in [4.69, 9.17) is 20.9 Å². The van der Waals surface area contributed by atoms with Crippen LogP contribution in [-0.2, 0) is 4.74 Å². The summed E-state index contributed by atoms with van der Waals surface area (Å²) in [7, 11) is 0. The first-order chi connectivity index (χ1) is 22.8. The van der Waals surface area contributed by atoms with Gasteiger partial charge in [0.15, 0.2) is 5.82 Å². The number of aromatic hydroxyl groups is 1. The highest BCUT2D eigenvalue weighted by Crippen LogP contribution is 2.44. The van der Waals surface area contributed by atoms with Crippen LogP contribution in [0.15, 0.2) is 30.5 Å². The van der Waals surface area contributed by atoms with Crippen molar-refractivity contribution in [1.29, 1.82) is 0 Å². The molecule has 4 aliphatic heterocycles. The molecule has 4 saturated heterocycles. The second-order valence-corrected chi connectivity index (χ2v) is 13.7. The third-order valence-corrected chi connectivity index (χ3v) is 10.8. The number of phenols is 1. The number of fused-ring (bicyclic) bond motifs is 3. The topological polar surface area (TPSA) is 83.8 Å². The van der Waals surface area contributed by atoms with Crippen LogP contribution in [-0.4, -0.2) is 82.7 Å². The van der Waals surface area contributed by atoms with E-state index in [0.29, 0.717) is 42.8 Å². The maximum Gasteiger partial charge on any atom is 0.319 e. The Morgan fingerprint density at radius 3 is 2.74 bits per heavy atom. The summed E-state index contributed by atoms with van der Waals surface area (Å²) in [6.45, 7) is 4.26. The van der Waals surface area contributed by atoms with Crippen molar-refractivity contribution >= 4 is 27.5 Å². The lowest BCUT2D eigenvalue weighted by atomic mass is 9.74. The minimum Gasteiger partial charge on any atom is -0.508 e. The molecule has 0 bridgehead atoms. The van der Waals surface area contributed by atoms with Gasteiger partial charge in [-0.15, -0.1) is 6.42 Å². The maximum absolute atomic E-state index is 16.9. The first-order valence-corrected chi connectivity index (χ1v) is 16.4. The van der Waals surface area contributed by atoms with E-state index in [0.717, 1.165) is 58.2 Å². The first-order valence-electron chi connectivity index (χ1n) is 16.4. The van der Waals surface area contributed by atoms with Crippen molar-refractivity contribution in [1.82, 2.24) is 19.9 Å². The van der Waals surface area contributed by atoms with E-state index in [-0.39, 0.29) is 51.5 Å². The molecule has 2 atom stereocenters. The van der Waals surface area contributed by atoms with Gasteiger partial charge in [-0.3, -0.25) is 9.88 Å². The van der Waals surface area contributed by atoms with Crippen molar-refractivity contribution in [2.45, 2.75) is 56.7 Å². The average molecular weight is 644 g/mol. The number of ether oxygens (including phenoxy) is 2. The smallest absolute Gasteiger partial charge is 0.319 e. The summed E-state index contributed by atoms with van der Waals surface area (Å²) in [5.74, 6) is 1.36. The summed E-state index contributed by atoms with van der Waals surface area (Å²) >= 11 is 0. The third-order valence-electron chi connectivity index (χ3n) is 10.8. The van der Waals surface area contributed by atoms with Gasteiger partial charge >= 0.3 is 6.01 Å². The van der Waals surface area contributed by atoms with Gasteiger partial charge in [-0.2, -0.15) is 9.97 Å². The number of piperidine rings is 1. The molecule has 8 rings (SSSR count). The van der Waals surface area contributed by atoms with Gasteiger partial charge in [-0.25, -0.2) is 13.2 Å². The van der Waals surface area contributed by atoms with Crippen LogP contribution in [0.25, 0.3) is 32.9 Å². The van der Waals surface area contributed by atoms with Crippen molar-refractivity contribution in [2.24, 2.45) is 5.41 Å². The fraction of sp³-hybridized carbons (Fsp3) is 0.472. The van der Waals surface area contributed by atoms with Crippen LogP contribution in [0.2, 0.25) is 0 Å². The monoisotopic (exact) mass is 643 g/mol. The Morgan fingerprint density at radius 1 is 1.09 bits per heavy atom. The molecule has 4 aromatic rings. The van der Waals surface area contributed by atoms with Crippen LogP contribution in [0.5, 0.6) is 11.8 Å². The molecule has 4 aliphatic rings. The summed E-state index contributed by atoms with van der Waals surface area (Å²) in [6.07, 6.45) is 12.4. The van der Waals surface area contributed by atoms with Crippen molar-refractivity contribution in [3.8, 4) is 35.4 Å². The Hall–Kier alpha value is -4.14. The fourth-order valence-corrected chi connectivity index (χ4v) is 8.52. The Morgan fingerprint density at radius 2 is 1.91 bits per heavy atom. The number of halogens is 3. The molecule has 4 fully saturated rings. The molecule has 1 spiro atoms. The van der Waals surface area contributed by atoms with Gasteiger partial charge in [0, 0.05) is 56.4 Å². The molecule has 6 heterocycles. The number of alkyl halides is 1. The molecule has 11 heteroatoms. The highest BCUT2D eigenvalue weighted by Gasteiger charge is 2.49. The number of aromatic nitrogens is 3. The number of hydrogen-bond acceptors (Lipinski definition) is 8. The van der Waals surface area contributed by atoms with E-state index in [1.807, 2.05) is 0 Å². The Labute approximate surface area is 270 Å².